The molecule has 1 heterocycles. The Kier molecular flexibility index (Phi) is 6.32. The number of imide groups is 1. The Morgan fingerprint density at radius 1 is 1.12 bits per heavy atom. The number of rotatable bonds is 4. The third kappa shape index (κ3) is 4.28. The van der Waals surface area contributed by atoms with E-state index in [1.54, 1.807) is 25.1 Å². The van der Waals surface area contributed by atoms with Crippen LogP contribution in [0.3, 0.4) is 0 Å². The Morgan fingerprint density at radius 2 is 1.82 bits per heavy atom. The van der Waals surface area contributed by atoms with Gasteiger partial charge < -0.3 is 4.74 Å². The molecule has 2 aliphatic carbocycles. The minimum Gasteiger partial charge on any atom is -0.463 e. The molecule has 1 aromatic carbocycles. The molecule has 0 N–H and O–H groups in total. The van der Waals surface area contributed by atoms with Gasteiger partial charge in [0.2, 0.25) is 11.8 Å². The maximum atomic E-state index is 13.8. The third-order valence-corrected chi connectivity index (χ3v) is 9.49. The second-order valence-corrected chi connectivity index (χ2v) is 15.4. The van der Waals surface area contributed by atoms with Gasteiger partial charge in [0.15, 0.2) is 0 Å². The lowest BCUT2D eigenvalue weighted by atomic mass is 9.67. The summed E-state index contributed by atoms with van der Waals surface area (Å²) in [5, 5.41) is 1.43. The van der Waals surface area contributed by atoms with Gasteiger partial charge in [-0.1, -0.05) is 60.3 Å². The molecule has 2 amide bonds. The number of fused-ring (bicyclic) bond motifs is 3. The van der Waals surface area contributed by atoms with E-state index in [9.17, 15) is 14.4 Å². The van der Waals surface area contributed by atoms with Crippen molar-refractivity contribution in [2.45, 2.75) is 52.8 Å². The Bertz CT molecular complexity index is 1080. The van der Waals surface area contributed by atoms with Gasteiger partial charge in [-0.05, 0) is 50.8 Å². The van der Waals surface area contributed by atoms with Gasteiger partial charge in [0, 0.05) is 12.0 Å². The molecule has 0 unspecified atom stereocenters. The number of para-hydroxylation sites is 1. The number of anilines is 1. The number of esters is 1. The van der Waals surface area contributed by atoms with E-state index in [1.165, 1.54) is 10.1 Å². The number of carbonyl (C=O) groups excluding carboxylic acids is 3. The molecule has 0 aromatic heterocycles. The lowest BCUT2D eigenvalue weighted by Crippen LogP contribution is -2.34. The van der Waals surface area contributed by atoms with Crippen molar-refractivity contribution in [2.75, 3.05) is 11.5 Å². The predicted octanol–water partition coefficient (Wildman–Crippen LogP) is 5.22. The number of benzene rings is 1. The fourth-order valence-electron chi connectivity index (χ4n) is 5.50. The van der Waals surface area contributed by atoms with Crippen molar-refractivity contribution in [3.8, 4) is 0 Å². The summed E-state index contributed by atoms with van der Waals surface area (Å²) >= 11 is 0. The number of allylic oxidation sites excluding steroid dienone is 5. The SMILES string of the molecule is CCOC(=O)/C=C1\CCC([Si](C)(C)C)=CC2=C(C)C[C@@H]3C(=O)N(c4ccccc4)C(=O)[C@@H]3[C@@H]21. The van der Waals surface area contributed by atoms with Gasteiger partial charge in [-0.2, -0.15) is 0 Å². The van der Waals surface area contributed by atoms with Gasteiger partial charge in [0.1, 0.15) is 0 Å². The van der Waals surface area contributed by atoms with Crippen molar-refractivity contribution >= 4 is 31.5 Å². The van der Waals surface area contributed by atoms with E-state index < -0.39 is 19.9 Å². The van der Waals surface area contributed by atoms with Crippen molar-refractivity contribution in [1.82, 2.24) is 0 Å². The van der Waals surface area contributed by atoms with Gasteiger partial charge >= 0.3 is 5.97 Å². The van der Waals surface area contributed by atoms with Crippen LogP contribution in [-0.2, 0) is 19.1 Å². The normalized spacial score (nSPS) is 26.7. The monoisotopic (exact) mass is 463 g/mol. The topological polar surface area (TPSA) is 63.7 Å². The van der Waals surface area contributed by atoms with E-state index in [4.69, 9.17) is 4.74 Å². The number of hydrogen-bond acceptors (Lipinski definition) is 4. The van der Waals surface area contributed by atoms with Crippen LogP contribution in [0.15, 0.2) is 64.4 Å². The standard InChI is InChI=1S/C27H33NO4Si/c1-6-32-23(29)15-18-12-13-20(33(3,4)5)16-21-17(2)14-22-25(24(18)21)27(31)28(26(22)30)19-10-8-7-9-11-19/h7-11,15-16,22,24-25H,6,12-14H2,1-5H3/b18-15+/t22-,24+,25-/m0/s1. The highest BCUT2D eigenvalue weighted by Crippen LogP contribution is 2.51. The first kappa shape index (κ1) is 23.4. The first-order valence-corrected chi connectivity index (χ1v) is 15.3. The average Bonchev–Trinajstić information content (AvgIpc) is 2.89. The highest BCUT2D eigenvalue weighted by atomic mass is 28.3. The lowest BCUT2D eigenvalue weighted by Gasteiger charge is -2.34. The minimum atomic E-state index is -1.59. The molecule has 5 nitrogen and oxygen atoms in total. The van der Waals surface area contributed by atoms with Crippen LogP contribution in [0.2, 0.25) is 19.6 Å². The number of carbonyl (C=O) groups is 3. The average molecular weight is 464 g/mol. The lowest BCUT2D eigenvalue weighted by molar-refractivity contribution is -0.137. The predicted molar refractivity (Wildman–Crippen MR) is 132 cm³/mol. The number of amides is 2. The van der Waals surface area contributed by atoms with Crippen molar-refractivity contribution in [2.24, 2.45) is 17.8 Å². The molecule has 4 rings (SSSR count). The van der Waals surface area contributed by atoms with Crippen molar-refractivity contribution in [1.29, 1.82) is 0 Å². The van der Waals surface area contributed by atoms with Gasteiger partial charge in [-0.15, -0.1) is 0 Å². The number of nitrogens with zero attached hydrogens (tertiary/aromatic N) is 1. The van der Waals surface area contributed by atoms with Crippen LogP contribution in [0.25, 0.3) is 0 Å². The van der Waals surface area contributed by atoms with Gasteiger partial charge in [-0.3, -0.25) is 14.5 Å². The molecule has 3 atom stereocenters. The summed E-state index contributed by atoms with van der Waals surface area (Å²) in [5.41, 5.74) is 3.80. The second kappa shape index (κ2) is 8.90. The van der Waals surface area contributed by atoms with Crippen LogP contribution in [0.4, 0.5) is 5.69 Å². The maximum Gasteiger partial charge on any atom is 0.330 e. The quantitative estimate of drug-likeness (QED) is 0.266. The zero-order chi connectivity index (χ0) is 23.9. The fourth-order valence-corrected chi connectivity index (χ4v) is 6.97. The molecular formula is C27H33NO4Si. The van der Waals surface area contributed by atoms with Crippen LogP contribution >= 0.6 is 0 Å². The van der Waals surface area contributed by atoms with Crippen LogP contribution in [0, 0.1) is 17.8 Å². The van der Waals surface area contributed by atoms with Crippen molar-refractivity contribution in [3.05, 3.63) is 64.4 Å². The summed E-state index contributed by atoms with van der Waals surface area (Å²) in [4.78, 5) is 41.1. The van der Waals surface area contributed by atoms with E-state index in [1.807, 2.05) is 18.2 Å². The molecule has 0 saturated carbocycles. The second-order valence-electron chi connectivity index (χ2n) is 10.3. The highest BCUT2D eigenvalue weighted by molar-refractivity contribution is 6.83. The largest absolute Gasteiger partial charge is 0.463 e. The molecule has 0 bridgehead atoms. The first-order chi connectivity index (χ1) is 15.6. The summed E-state index contributed by atoms with van der Waals surface area (Å²) in [5.74, 6) is -1.84. The van der Waals surface area contributed by atoms with Crippen molar-refractivity contribution in [3.63, 3.8) is 0 Å². The Morgan fingerprint density at radius 3 is 2.45 bits per heavy atom. The smallest absolute Gasteiger partial charge is 0.330 e. The number of ether oxygens (including phenoxy) is 1. The molecule has 33 heavy (non-hydrogen) atoms. The van der Waals surface area contributed by atoms with Crippen LogP contribution < -0.4 is 4.90 Å². The molecule has 174 valence electrons. The molecule has 3 aliphatic rings. The summed E-state index contributed by atoms with van der Waals surface area (Å²) in [7, 11) is -1.59. The van der Waals surface area contributed by atoms with Crippen LogP contribution in [-0.4, -0.2) is 32.5 Å². The van der Waals surface area contributed by atoms with Gasteiger partial charge in [0.25, 0.3) is 0 Å². The van der Waals surface area contributed by atoms with E-state index in [0.29, 0.717) is 25.1 Å². The van der Waals surface area contributed by atoms with E-state index in [-0.39, 0.29) is 23.7 Å². The summed E-state index contributed by atoms with van der Waals surface area (Å²) in [6.45, 7) is 11.2. The van der Waals surface area contributed by atoms with E-state index >= 15 is 0 Å². The molecule has 1 aliphatic heterocycles. The summed E-state index contributed by atoms with van der Waals surface area (Å²) in [6, 6.07) is 9.17. The summed E-state index contributed by atoms with van der Waals surface area (Å²) in [6.07, 6.45) is 6.04. The summed E-state index contributed by atoms with van der Waals surface area (Å²) < 4.78 is 5.23. The molecule has 1 fully saturated rings. The zero-order valence-electron chi connectivity index (χ0n) is 20.2. The third-order valence-electron chi connectivity index (χ3n) is 7.17. The Balaban J connectivity index is 1.85. The van der Waals surface area contributed by atoms with Crippen molar-refractivity contribution < 1.29 is 19.1 Å². The van der Waals surface area contributed by atoms with E-state index in [2.05, 4.69) is 32.6 Å². The molecule has 0 radical (unpaired) electrons. The Labute approximate surface area is 197 Å². The molecule has 1 saturated heterocycles. The van der Waals surface area contributed by atoms with Crippen LogP contribution in [0.1, 0.15) is 33.1 Å². The van der Waals surface area contributed by atoms with E-state index in [0.717, 1.165) is 23.1 Å². The molecule has 6 heteroatoms. The zero-order valence-corrected chi connectivity index (χ0v) is 21.2. The Hall–Kier alpha value is -2.73. The molecule has 0 spiro atoms. The highest BCUT2D eigenvalue weighted by Gasteiger charge is 2.55. The molecule has 1 aromatic rings. The first-order valence-electron chi connectivity index (χ1n) is 11.8. The number of hydrogen-bond donors (Lipinski definition) is 0. The fraction of sp³-hybridized carbons (Fsp3) is 0.444. The minimum absolute atomic E-state index is 0.135. The van der Waals surface area contributed by atoms with Gasteiger partial charge in [0.05, 0.1) is 32.2 Å². The van der Waals surface area contributed by atoms with Gasteiger partial charge in [-0.25, -0.2) is 4.79 Å². The maximum absolute atomic E-state index is 13.8. The molecular weight excluding hydrogens is 430 g/mol. The van der Waals surface area contributed by atoms with Crippen LogP contribution in [0.5, 0.6) is 0 Å².